The fourth-order valence-corrected chi connectivity index (χ4v) is 3.36. The van der Waals surface area contributed by atoms with Crippen molar-refractivity contribution in [1.29, 1.82) is 0 Å². The number of nitrogens with one attached hydrogen (secondary N) is 1. The van der Waals surface area contributed by atoms with Crippen molar-refractivity contribution in [2.45, 2.75) is 12.2 Å². The fourth-order valence-electron chi connectivity index (χ4n) is 1.80. The molecule has 94 valence electrons. The number of rotatable bonds is 3. The lowest BCUT2D eigenvalue weighted by Gasteiger charge is -2.29. The van der Waals surface area contributed by atoms with Crippen LogP contribution >= 0.6 is 0 Å². The van der Waals surface area contributed by atoms with Crippen LogP contribution < -0.4 is 5.32 Å². The van der Waals surface area contributed by atoms with E-state index in [0.29, 0.717) is 31.9 Å². The molecule has 7 heteroatoms. The average molecular weight is 256 g/mol. The van der Waals surface area contributed by atoms with Gasteiger partial charge >= 0.3 is 0 Å². The minimum Gasteiger partial charge on any atom is -0.314 e. The summed E-state index contributed by atoms with van der Waals surface area (Å²) < 4.78 is 26.1. The molecule has 1 N–H and O–H groups in total. The minimum atomic E-state index is -3.32. The molecule has 6 nitrogen and oxygen atoms in total. The molecule has 2 rings (SSSR count). The lowest BCUT2D eigenvalue weighted by atomic mass is 10.3. The van der Waals surface area contributed by atoms with Gasteiger partial charge in [0.2, 0.25) is 10.0 Å². The van der Waals surface area contributed by atoms with Crippen molar-refractivity contribution in [3.05, 3.63) is 24.3 Å². The first-order valence-corrected chi connectivity index (χ1v) is 7.08. The second-order valence-electron chi connectivity index (χ2n) is 3.97. The van der Waals surface area contributed by atoms with Gasteiger partial charge in [-0.15, -0.1) is 0 Å². The van der Waals surface area contributed by atoms with Gasteiger partial charge in [0.05, 0.1) is 5.69 Å². The Kier molecular flexibility index (Phi) is 3.70. The first-order chi connectivity index (χ1) is 8.12. The van der Waals surface area contributed by atoms with Crippen molar-refractivity contribution >= 4 is 10.0 Å². The molecule has 0 aliphatic carbocycles. The largest absolute Gasteiger partial charge is 0.314 e. The van der Waals surface area contributed by atoms with Crippen LogP contribution in [-0.4, -0.2) is 48.9 Å². The normalized spacial score (nSPS) is 20.1. The van der Waals surface area contributed by atoms with Gasteiger partial charge in [0.15, 0.2) is 0 Å². The average Bonchev–Trinajstić information content (AvgIpc) is 2.40. The van der Waals surface area contributed by atoms with E-state index in [2.05, 4.69) is 15.3 Å². The van der Waals surface area contributed by atoms with E-state index in [9.17, 15) is 8.42 Å². The zero-order valence-electron chi connectivity index (χ0n) is 9.70. The zero-order chi connectivity index (χ0) is 12.3. The third-order valence-corrected chi connectivity index (χ3v) is 5.10. The van der Waals surface area contributed by atoms with E-state index in [0.717, 1.165) is 0 Å². The number of sulfonamides is 1. The highest BCUT2D eigenvalue weighted by Gasteiger charge is 2.31. The van der Waals surface area contributed by atoms with Crippen LogP contribution in [0.4, 0.5) is 0 Å². The van der Waals surface area contributed by atoms with E-state index in [1.165, 1.54) is 22.9 Å². The van der Waals surface area contributed by atoms with Gasteiger partial charge in [-0.1, -0.05) is 0 Å². The van der Waals surface area contributed by atoms with Crippen molar-refractivity contribution in [3.63, 3.8) is 0 Å². The highest BCUT2D eigenvalue weighted by molar-refractivity contribution is 7.89. The van der Waals surface area contributed by atoms with Crippen LogP contribution in [0.5, 0.6) is 0 Å². The molecule has 0 radical (unpaired) electrons. The lowest BCUT2D eigenvalue weighted by molar-refractivity contribution is 0.356. The predicted octanol–water partition coefficient (Wildman–Crippen LogP) is -0.227. The molecule has 0 bridgehead atoms. The fraction of sp³-hybridized carbons (Fsp3) is 0.600. The van der Waals surface area contributed by atoms with E-state index < -0.39 is 15.3 Å². The minimum absolute atomic E-state index is 0.492. The van der Waals surface area contributed by atoms with Crippen LogP contribution in [0.25, 0.3) is 0 Å². The highest BCUT2D eigenvalue weighted by Crippen LogP contribution is 2.22. The van der Waals surface area contributed by atoms with Crippen LogP contribution in [-0.2, 0) is 10.0 Å². The Morgan fingerprint density at radius 1 is 1.35 bits per heavy atom. The summed E-state index contributed by atoms with van der Waals surface area (Å²) in [5, 5.41) is 2.49. The van der Waals surface area contributed by atoms with E-state index in [-0.39, 0.29) is 0 Å². The Bertz CT molecular complexity index is 456. The summed E-state index contributed by atoms with van der Waals surface area (Å²) in [6.07, 6.45) is 4.55. The molecule has 0 spiro atoms. The third-order valence-electron chi connectivity index (χ3n) is 2.88. The molecule has 0 aromatic carbocycles. The summed E-state index contributed by atoms with van der Waals surface area (Å²) in [7, 11) is -3.32. The molecular weight excluding hydrogens is 240 g/mol. The highest BCUT2D eigenvalue weighted by atomic mass is 32.2. The van der Waals surface area contributed by atoms with Gasteiger partial charge in [-0.05, 0) is 6.92 Å². The van der Waals surface area contributed by atoms with Gasteiger partial charge in [-0.2, -0.15) is 4.31 Å². The van der Waals surface area contributed by atoms with Crippen molar-refractivity contribution in [1.82, 2.24) is 19.6 Å². The summed E-state index contributed by atoms with van der Waals surface area (Å²) in [6.45, 7) is 4.10. The van der Waals surface area contributed by atoms with Gasteiger partial charge in [-0.3, -0.25) is 9.97 Å². The van der Waals surface area contributed by atoms with Crippen LogP contribution in [0.3, 0.4) is 0 Å². The quantitative estimate of drug-likeness (QED) is 0.808. The first-order valence-electron chi connectivity index (χ1n) is 5.58. The Labute approximate surface area is 101 Å². The van der Waals surface area contributed by atoms with Gasteiger partial charge in [0, 0.05) is 44.8 Å². The Hall–Kier alpha value is -1.05. The summed E-state index contributed by atoms with van der Waals surface area (Å²) in [6, 6.07) is 0. The van der Waals surface area contributed by atoms with Gasteiger partial charge in [-0.25, -0.2) is 8.42 Å². The lowest BCUT2D eigenvalue weighted by Crippen LogP contribution is -2.47. The molecule has 1 saturated heterocycles. The molecule has 1 aliphatic heterocycles. The van der Waals surface area contributed by atoms with E-state index >= 15 is 0 Å². The summed E-state index contributed by atoms with van der Waals surface area (Å²) in [5.41, 5.74) is 0.492. The van der Waals surface area contributed by atoms with Gasteiger partial charge in [0.1, 0.15) is 5.25 Å². The molecule has 1 aromatic rings. The molecule has 1 fully saturated rings. The molecule has 0 saturated carbocycles. The summed E-state index contributed by atoms with van der Waals surface area (Å²) in [4.78, 5) is 7.96. The second kappa shape index (κ2) is 5.07. The maximum Gasteiger partial charge on any atom is 0.222 e. The number of piperazine rings is 1. The Morgan fingerprint density at radius 3 is 2.65 bits per heavy atom. The molecule has 0 amide bonds. The summed E-state index contributed by atoms with van der Waals surface area (Å²) in [5.74, 6) is 0. The molecule has 1 aliphatic rings. The van der Waals surface area contributed by atoms with Crippen LogP contribution in [0.15, 0.2) is 18.6 Å². The SMILES string of the molecule is CC(c1cnccn1)S(=O)(=O)N1CCNCC1. The number of hydrogen-bond donors (Lipinski definition) is 1. The number of aromatic nitrogens is 2. The Balaban J connectivity index is 2.20. The van der Waals surface area contributed by atoms with E-state index in [4.69, 9.17) is 0 Å². The maximum atomic E-state index is 12.3. The maximum absolute atomic E-state index is 12.3. The summed E-state index contributed by atoms with van der Waals surface area (Å²) >= 11 is 0. The van der Waals surface area contributed by atoms with E-state index in [1.54, 1.807) is 6.92 Å². The monoisotopic (exact) mass is 256 g/mol. The van der Waals surface area contributed by atoms with Crippen LogP contribution in [0.2, 0.25) is 0 Å². The van der Waals surface area contributed by atoms with E-state index in [1.807, 2.05) is 0 Å². The molecule has 17 heavy (non-hydrogen) atoms. The van der Waals surface area contributed by atoms with Crippen molar-refractivity contribution in [2.24, 2.45) is 0 Å². The van der Waals surface area contributed by atoms with Crippen molar-refractivity contribution in [3.8, 4) is 0 Å². The van der Waals surface area contributed by atoms with Gasteiger partial charge in [0.25, 0.3) is 0 Å². The number of hydrogen-bond acceptors (Lipinski definition) is 5. The standard InChI is InChI=1S/C10H16N4O2S/c1-9(10-8-12-2-3-13-10)17(15,16)14-6-4-11-5-7-14/h2-3,8-9,11H,4-7H2,1H3. The first kappa shape index (κ1) is 12.4. The molecule has 1 unspecified atom stereocenters. The van der Waals surface area contributed by atoms with Crippen molar-refractivity contribution < 1.29 is 8.42 Å². The molecule has 1 aromatic heterocycles. The molecular formula is C10H16N4O2S. The Morgan fingerprint density at radius 2 is 2.06 bits per heavy atom. The number of nitrogens with zero attached hydrogens (tertiary/aromatic N) is 3. The van der Waals surface area contributed by atoms with Crippen molar-refractivity contribution in [2.75, 3.05) is 26.2 Å². The third kappa shape index (κ3) is 2.62. The molecule has 1 atom stereocenters. The predicted molar refractivity (Wildman–Crippen MR) is 63.8 cm³/mol. The van der Waals surface area contributed by atoms with Crippen LogP contribution in [0, 0.1) is 0 Å². The van der Waals surface area contributed by atoms with Crippen LogP contribution in [0.1, 0.15) is 17.9 Å². The smallest absolute Gasteiger partial charge is 0.222 e. The zero-order valence-corrected chi connectivity index (χ0v) is 10.5. The molecule has 2 heterocycles. The van der Waals surface area contributed by atoms with Gasteiger partial charge < -0.3 is 5.32 Å². The topological polar surface area (TPSA) is 75.2 Å². The second-order valence-corrected chi connectivity index (χ2v) is 6.22.